The first kappa shape index (κ1) is 25.8. The average Bonchev–Trinajstić information content (AvgIpc) is 3.46. The second kappa shape index (κ2) is 12.1. The van der Waals surface area contributed by atoms with E-state index in [4.69, 9.17) is 9.15 Å². The van der Waals surface area contributed by atoms with Gasteiger partial charge >= 0.3 is 0 Å². The Balaban J connectivity index is 1.29. The molecule has 0 radical (unpaired) electrons. The Bertz CT molecular complexity index is 1350. The van der Waals surface area contributed by atoms with Gasteiger partial charge in [-0.15, -0.1) is 0 Å². The van der Waals surface area contributed by atoms with Crippen molar-refractivity contribution in [1.29, 1.82) is 0 Å². The fourth-order valence-electron chi connectivity index (χ4n) is 3.72. The van der Waals surface area contributed by atoms with Gasteiger partial charge in [-0.25, -0.2) is 18.7 Å². The summed E-state index contributed by atoms with van der Waals surface area (Å²) >= 11 is 3.23. The molecule has 0 amide bonds. The molecule has 6 nitrogen and oxygen atoms in total. The zero-order chi connectivity index (χ0) is 25.5. The summed E-state index contributed by atoms with van der Waals surface area (Å²) in [5.74, 6) is 1.27. The lowest BCUT2D eigenvalue weighted by molar-refractivity contribution is 0.264. The van der Waals surface area contributed by atoms with Crippen LogP contribution in [0.15, 0.2) is 57.7 Å². The molecule has 0 saturated heterocycles. The summed E-state index contributed by atoms with van der Waals surface area (Å²) in [6.45, 7) is 2.51. The van der Waals surface area contributed by atoms with Crippen molar-refractivity contribution in [2.24, 2.45) is 0 Å². The van der Waals surface area contributed by atoms with E-state index in [1.807, 2.05) is 10.8 Å². The van der Waals surface area contributed by atoms with Crippen LogP contribution in [0.3, 0.4) is 0 Å². The summed E-state index contributed by atoms with van der Waals surface area (Å²) in [4.78, 5) is 8.46. The molecular weight excluding hydrogens is 532 g/mol. The molecule has 188 valence electrons. The molecule has 0 aliphatic heterocycles. The van der Waals surface area contributed by atoms with Crippen LogP contribution in [-0.2, 0) is 26.2 Å². The third-order valence-corrected chi connectivity index (χ3v) is 6.21. The van der Waals surface area contributed by atoms with Gasteiger partial charge in [0.15, 0.2) is 0 Å². The van der Waals surface area contributed by atoms with Gasteiger partial charge in [0.1, 0.15) is 47.9 Å². The number of imidazole rings is 1. The summed E-state index contributed by atoms with van der Waals surface area (Å²) in [6.07, 6.45) is 8.92. The van der Waals surface area contributed by atoms with Gasteiger partial charge in [0.2, 0.25) is 5.89 Å². The molecule has 2 aromatic heterocycles. The van der Waals surface area contributed by atoms with Crippen LogP contribution < -0.4 is 4.74 Å². The highest BCUT2D eigenvalue weighted by Gasteiger charge is 2.11. The maximum Gasteiger partial charge on any atom is 0.219 e. The van der Waals surface area contributed by atoms with E-state index in [2.05, 4.69) is 25.9 Å². The number of aryl methyl sites for hydroxylation is 3. The summed E-state index contributed by atoms with van der Waals surface area (Å²) < 4.78 is 42.5. The van der Waals surface area contributed by atoms with Gasteiger partial charge in [0, 0.05) is 41.1 Å². The molecule has 0 saturated carbocycles. The number of nitrogens with zero attached hydrogens (tertiary/aromatic N) is 3. The summed E-state index contributed by atoms with van der Waals surface area (Å²) in [7, 11) is 0. The number of aliphatic hydroxyl groups is 1. The lowest BCUT2D eigenvalue weighted by atomic mass is 10.1. The molecule has 2 heterocycles. The quantitative estimate of drug-likeness (QED) is 0.213. The summed E-state index contributed by atoms with van der Waals surface area (Å²) in [6, 6.07) is 9.65. The molecule has 0 fully saturated rings. The Labute approximate surface area is 216 Å². The van der Waals surface area contributed by atoms with Crippen molar-refractivity contribution < 1.29 is 23.0 Å². The number of hydrogen-bond donors (Lipinski definition) is 1. The average molecular weight is 558 g/mol. The van der Waals surface area contributed by atoms with Crippen LogP contribution in [0.5, 0.6) is 5.75 Å². The predicted molar refractivity (Wildman–Crippen MR) is 136 cm³/mol. The Morgan fingerprint density at radius 1 is 1.11 bits per heavy atom. The van der Waals surface area contributed by atoms with Crippen molar-refractivity contribution in [3.63, 3.8) is 0 Å². The molecule has 0 bridgehead atoms. The van der Waals surface area contributed by atoms with Crippen molar-refractivity contribution in [2.45, 2.75) is 45.9 Å². The van der Waals surface area contributed by atoms with E-state index < -0.39 is 0 Å². The third kappa shape index (κ3) is 6.67. The van der Waals surface area contributed by atoms with E-state index in [1.165, 1.54) is 12.1 Å². The van der Waals surface area contributed by atoms with Crippen LogP contribution in [0.4, 0.5) is 8.78 Å². The SMILES string of the molecule is Cc1oc(/C=C/c2ccc(Br)cc2F)nc1COc1ccc(CCCCn2ccnc2CO)c(F)c1. The fraction of sp³-hybridized carbons (Fsp3) is 0.259. The second-order valence-corrected chi connectivity index (χ2v) is 9.16. The van der Waals surface area contributed by atoms with Crippen molar-refractivity contribution in [1.82, 2.24) is 14.5 Å². The van der Waals surface area contributed by atoms with Crippen LogP contribution in [0, 0.1) is 18.6 Å². The van der Waals surface area contributed by atoms with E-state index in [1.54, 1.807) is 49.5 Å². The lowest BCUT2D eigenvalue weighted by Gasteiger charge is -2.09. The normalized spacial score (nSPS) is 11.5. The molecule has 2 aromatic carbocycles. The fourth-order valence-corrected chi connectivity index (χ4v) is 4.05. The van der Waals surface area contributed by atoms with Gasteiger partial charge in [-0.3, -0.25) is 0 Å². The summed E-state index contributed by atoms with van der Waals surface area (Å²) in [5.41, 5.74) is 1.62. The highest BCUT2D eigenvalue weighted by Crippen LogP contribution is 2.22. The molecular formula is C27H26BrF2N3O3. The monoisotopic (exact) mass is 557 g/mol. The molecule has 0 aliphatic carbocycles. The number of halogens is 3. The Morgan fingerprint density at radius 3 is 2.75 bits per heavy atom. The Hall–Kier alpha value is -3.30. The topological polar surface area (TPSA) is 73.3 Å². The first-order valence-corrected chi connectivity index (χ1v) is 12.3. The molecule has 9 heteroatoms. The van der Waals surface area contributed by atoms with Gasteiger partial charge in [-0.05, 0) is 56.0 Å². The minimum Gasteiger partial charge on any atom is -0.487 e. The molecule has 0 spiro atoms. The zero-order valence-electron chi connectivity index (χ0n) is 19.8. The van der Waals surface area contributed by atoms with E-state index in [0.29, 0.717) is 50.9 Å². The minimum atomic E-state index is -0.355. The highest BCUT2D eigenvalue weighted by atomic mass is 79.9. The molecule has 0 atom stereocenters. The van der Waals surface area contributed by atoms with Gasteiger partial charge in [0.25, 0.3) is 0 Å². The molecule has 36 heavy (non-hydrogen) atoms. The van der Waals surface area contributed by atoms with Gasteiger partial charge in [0.05, 0.1) is 0 Å². The zero-order valence-corrected chi connectivity index (χ0v) is 21.3. The molecule has 4 rings (SSSR count). The van der Waals surface area contributed by atoms with Crippen LogP contribution in [0.1, 0.15) is 47.1 Å². The van der Waals surface area contributed by atoms with Crippen molar-refractivity contribution >= 4 is 28.1 Å². The van der Waals surface area contributed by atoms with Crippen molar-refractivity contribution in [2.75, 3.05) is 0 Å². The number of aliphatic hydroxyl groups excluding tert-OH is 1. The minimum absolute atomic E-state index is 0.0963. The molecule has 1 N–H and O–H groups in total. The van der Waals surface area contributed by atoms with Gasteiger partial charge < -0.3 is 18.8 Å². The maximum atomic E-state index is 14.6. The van der Waals surface area contributed by atoms with Gasteiger partial charge in [-0.1, -0.05) is 28.1 Å². The number of aromatic nitrogens is 3. The third-order valence-electron chi connectivity index (χ3n) is 5.72. The number of benzene rings is 2. The van der Waals surface area contributed by atoms with Crippen LogP contribution >= 0.6 is 15.9 Å². The molecule has 0 unspecified atom stereocenters. The number of ether oxygens (including phenoxy) is 1. The number of oxazole rings is 1. The number of rotatable bonds is 11. The van der Waals surface area contributed by atoms with E-state index in [-0.39, 0.29) is 24.8 Å². The van der Waals surface area contributed by atoms with Crippen molar-refractivity contribution in [3.05, 3.63) is 99.2 Å². The molecule has 4 aromatic rings. The Kier molecular flexibility index (Phi) is 8.66. The van der Waals surface area contributed by atoms with Crippen LogP contribution in [0.25, 0.3) is 12.2 Å². The largest absolute Gasteiger partial charge is 0.487 e. The Morgan fingerprint density at radius 2 is 1.97 bits per heavy atom. The van der Waals surface area contributed by atoms with Crippen LogP contribution in [-0.4, -0.2) is 19.6 Å². The van der Waals surface area contributed by atoms with E-state index in [0.717, 1.165) is 19.4 Å². The maximum absolute atomic E-state index is 14.6. The van der Waals surface area contributed by atoms with Crippen molar-refractivity contribution in [3.8, 4) is 5.75 Å². The van der Waals surface area contributed by atoms with E-state index >= 15 is 0 Å². The number of hydrogen-bond acceptors (Lipinski definition) is 5. The van der Waals surface area contributed by atoms with Crippen LogP contribution in [0.2, 0.25) is 0 Å². The van der Waals surface area contributed by atoms with E-state index in [9.17, 15) is 13.9 Å². The lowest BCUT2D eigenvalue weighted by Crippen LogP contribution is -2.04. The first-order chi connectivity index (χ1) is 17.4. The molecule has 0 aliphatic rings. The summed E-state index contributed by atoms with van der Waals surface area (Å²) in [5, 5.41) is 9.25. The predicted octanol–water partition coefficient (Wildman–Crippen LogP) is 6.48. The second-order valence-electron chi connectivity index (χ2n) is 8.25. The smallest absolute Gasteiger partial charge is 0.219 e. The number of unbranched alkanes of at least 4 members (excludes halogenated alkanes) is 1. The first-order valence-electron chi connectivity index (χ1n) is 11.5. The highest BCUT2D eigenvalue weighted by molar-refractivity contribution is 9.10. The standard InChI is InChI=1S/C27H26BrF2N3O3/c1-18-25(32-27(36-18)10-7-20-5-8-21(28)14-23(20)29)17-35-22-9-6-19(24(30)15-22)4-2-3-12-33-13-11-31-26(33)16-34/h5-11,13-15,34H,2-4,12,16-17H2,1H3/b10-7+. The van der Waals surface area contributed by atoms with Gasteiger partial charge in [-0.2, -0.15) is 0 Å².